The van der Waals surface area contributed by atoms with Crippen molar-refractivity contribution in [1.82, 2.24) is 49.9 Å². The van der Waals surface area contributed by atoms with Gasteiger partial charge in [-0.2, -0.15) is 15.6 Å². The first-order chi connectivity index (χ1) is 25.7. The summed E-state index contributed by atoms with van der Waals surface area (Å²) >= 11 is 0. The van der Waals surface area contributed by atoms with Crippen molar-refractivity contribution >= 4 is 45.5 Å². The van der Waals surface area contributed by atoms with Crippen LogP contribution in [0, 0.1) is 36.5 Å². The third-order valence-electron chi connectivity index (χ3n) is 10.9. The van der Waals surface area contributed by atoms with Crippen molar-refractivity contribution < 1.29 is 9.59 Å². The zero-order chi connectivity index (χ0) is 37.0. The molecular formula is C37H44N14O2. The fraction of sp³-hybridized carbons (Fsp3) is 0.486. The fourth-order valence-corrected chi connectivity index (χ4v) is 8.19. The Morgan fingerprint density at radius 2 is 1.40 bits per heavy atom. The van der Waals surface area contributed by atoms with Crippen LogP contribution in [0.1, 0.15) is 67.5 Å². The van der Waals surface area contributed by atoms with Gasteiger partial charge in [0.15, 0.2) is 0 Å². The standard InChI is InChI=1S/C16H18N6O.C13H17N5.C8H9N3O/c17-6-2-13(23)22-9-5-16(22)4-1-8-21(10-16)15-12-3-7-18-14(12)19-11-20-15;1-3-13(4-6-17-13)8-18(7-1)12-10-2-5-14-11(10)15-9-16-12;1-6-5-7(2)11(10-6)8(12)3-4-9/h3,7,11H,1-2,4-5,8-10H2,(H,18,19,20);2,5,9,17H,1,3-4,6-8H2,(H,14,15,16);5H,3H2,1-2H3. The molecule has 4 aliphatic heterocycles. The number of H-pyrrole nitrogens is 2. The summed E-state index contributed by atoms with van der Waals surface area (Å²) in [6, 6.07) is 9.63. The lowest BCUT2D eigenvalue weighted by Crippen LogP contribution is -2.68. The molecule has 9 heterocycles. The Kier molecular flexibility index (Phi) is 10.1. The van der Waals surface area contributed by atoms with Gasteiger partial charge in [0.2, 0.25) is 5.91 Å². The smallest absolute Gasteiger partial charge is 0.261 e. The minimum atomic E-state index is -0.275. The first-order valence-corrected chi connectivity index (χ1v) is 18.2. The topological polar surface area (TPSA) is 204 Å². The van der Waals surface area contributed by atoms with E-state index in [0.29, 0.717) is 5.54 Å². The van der Waals surface area contributed by atoms with Crippen LogP contribution in [-0.2, 0) is 4.79 Å². The molecule has 4 fully saturated rings. The molecule has 16 nitrogen and oxygen atoms in total. The minimum Gasteiger partial charge on any atom is -0.354 e. The van der Waals surface area contributed by atoms with E-state index in [-0.39, 0.29) is 30.2 Å². The molecular weight excluding hydrogens is 673 g/mol. The van der Waals surface area contributed by atoms with Crippen molar-refractivity contribution in [2.75, 3.05) is 49.1 Å². The average Bonchev–Trinajstić information content (AvgIpc) is 3.91. The molecule has 16 heteroatoms. The Morgan fingerprint density at radius 1 is 0.792 bits per heavy atom. The molecule has 5 aromatic heterocycles. The highest BCUT2D eigenvalue weighted by atomic mass is 16.2. The largest absolute Gasteiger partial charge is 0.354 e. The molecule has 0 saturated carbocycles. The number of piperidine rings is 2. The highest BCUT2D eigenvalue weighted by Gasteiger charge is 2.49. The number of carbonyl (C=O) groups is 2. The van der Waals surface area contributed by atoms with E-state index in [1.165, 1.54) is 23.9 Å². The molecule has 2 atom stereocenters. The lowest BCUT2D eigenvalue weighted by Gasteiger charge is -2.57. The number of amides is 1. The van der Waals surface area contributed by atoms with Crippen LogP contribution in [0.15, 0.2) is 43.2 Å². The van der Waals surface area contributed by atoms with Gasteiger partial charge in [0.05, 0.1) is 34.1 Å². The molecule has 2 unspecified atom stereocenters. The second kappa shape index (κ2) is 15.0. The highest BCUT2D eigenvalue weighted by Crippen LogP contribution is 2.41. The van der Waals surface area contributed by atoms with Gasteiger partial charge in [-0.1, -0.05) is 0 Å². The van der Waals surface area contributed by atoms with Gasteiger partial charge >= 0.3 is 0 Å². The maximum Gasteiger partial charge on any atom is 0.261 e. The maximum atomic E-state index is 12.2. The number of rotatable bonds is 4. The Bertz CT molecular complexity index is 2190. The molecule has 2 spiro atoms. The summed E-state index contributed by atoms with van der Waals surface area (Å²) in [5.41, 5.74) is 3.55. The van der Waals surface area contributed by atoms with Gasteiger partial charge in [-0.3, -0.25) is 9.59 Å². The Balaban J connectivity index is 0.000000130. The van der Waals surface area contributed by atoms with Crippen molar-refractivity contribution in [3.05, 3.63) is 54.6 Å². The average molecular weight is 717 g/mol. The van der Waals surface area contributed by atoms with Crippen molar-refractivity contribution in [3.63, 3.8) is 0 Å². The van der Waals surface area contributed by atoms with Crippen LogP contribution in [0.25, 0.3) is 22.1 Å². The van der Waals surface area contributed by atoms with Crippen molar-refractivity contribution in [1.29, 1.82) is 10.5 Å². The van der Waals surface area contributed by atoms with Gasteiger partial charge in [0.1, 0.15) is 48.4 Å². The number of nitrogens with zero attached hydrogens (tertiary/aromatic N) is 11. The minimum absolute atomic E-state index is 0.0304. The number of aromatic nitrogens is 8. The molecule has 4 saturated heterocycles. The third kappa shape index (κ3) is 7.15. The lowest BCUT2D eigenvalue weighted by molar-refractivity contribution is -0.147. The molecule has 1 amide bonds. The number of hydrogen-bond acceptors (Lipinski definition) is 12. The molecule has 53 heavy (non-hydrogen) atoms. The number of likely N-dealkylation sites (tertiary alicyclic amines) is 1. The van der Waals surface area contributed by atoms with Crippen LogP contribution < -0.4 is 15.1 Å². The summed E-state index contributed by atoms with van der Waals surface area (Å²) in [6.45, 7) is 9.40. The van der Waals surface area contributed by atoms with Gasteiger partial charge in [-0.15, -0.1) is 0 Å². The number of fused-ring (bicyclic) bond motifs is 2. The predicted octanol–water partition coefficient (Wildman–Crippen LogP) is 3.79. The molecule has 0 bridgehead atoms. The first kappa shape index (κ1) is 35.5. The van der Waals surface area contributed by atoms with Crippen LogP contribution in [0.3, 0.4) is 0 Å². The lowest BCUT2D eigenvalue weighted by atomic mass is 9.77. The van der Waals surface area contributed by atoms with Crippen LogP contribution in [0.4, 0.5) is 11.6 Å². The quantitative estimate of drug-likeness (QED) is 0.243. The number of aryl methyl sites for hydroxylation is 2. The van der Waals surface area contributed by atoms with Gasteiger partial charge in [0.25, 0.3) is 5.91 Å². The molecule has 0 aliphatic carbocycles. The number of nitrogens with one attached hydrogen (secondary N) is 3. The molecule has 0 aromatic carbocycles. The zero-order valence-electron chi connectivity index (χ0n) is 30.2. The SMILES string of the molecule is Cc1cc(C)n(C(=O)CC#N)n1.N#CCC(=O)N1CCC12CCCN(c1ncnc3[nH]ccc13)C2.c1nc(N2CCCC3(CCN3)C2)c2cc[nH]c2n1. The second-order valence-electron chi connectivity index (χ2n) is 14.3. The van der Waals surface area contributed by atoms with E-state index < -0.39 is 0 Å². The van der Waals surface area contributed by atoms with Crippen LogP contribution in [0.5, 0.6) is 0 Å². The number of anilines is 2. The molecule has 5 aromatic rings. The number of carbonyl (C=O) groups excluding carboxylic acids is 2. The summed E-state index contributed by atoms with van der Waals surface area (Å²) in [6.07, 6.45) is 13.7. The van der Waals surface area contributed by atoms with Crippen LogP contribution in [0.2, 0.25) is 0 Å². The summed E-state index contributed by atoms with van der Waals surface area (Å²) in [5, 5.41) is 26.8. The van der Waals surface area contributed by atoms with Crippen molar-refractivity contribution in [2.45, 2.75) is 76.3 Å². The third-order valence-corrected chi connectivity index (χ3v) is 10.9. The number of nitriles is 2. The van der Waals surface area contributed by atoms with E-state index in [2.05, 4.69) is 56.2 Å². The summed E-state index contributed by atoms with van der Waals surface area (Å²) in [7, 11) is 0. The van der Waals surface area contributed by atoms with Gasteiger partial charge in [-0.25, -0.2) is 24.6 Å². The Hall–Kier alpha value is -5.87. The number of aromatic amines is 2. The Morgan fingerprint density at radius 3 is 1.92 bits per heavy atom. The van der Waals surface area contributed by atoms with E-state index in [1.54, 1.807) is 31.7 Å². The van der Waals surface area contributed by atoms with Crippen molar-refractivity contribution in [2.24, 2.45) is 0 Å². The highest BCUT2D eigenvalue weighted by molar-refractivity contribution is 5.88. The normalized spacial score (nSPS) is 21.8. The summed E-state index contributed by atoms with van der Waals surface area (Å²) in [4.78, 5) is 53.6. The van der Waals surface area contributed by atoms with Crippen LogP contribution in [-0.4, -0.2) is 107 Å². The van der Waals surface area contributed by atoms with E-state index in [1.807, 2.05) is 36.4 Å². The van der Waals surface area contributed by atoms with E-state index >= 15 is 0 Å². The summed E-state index contributed by atoms with van der Waals surface area (Å²) in [5.74, 6) is 1.68. The molecule has 9 rings (SSSR count). The predicted molar refractivity (Wildman–Crippen MR) is 198 cm³/mol. The van der Waals surface area contributed by atoms with Crippen molar-refractivity contribution in [3.8, 4) is 12.1 Å². The van der Waals surface area contributed by atoms with E-state index in [9.17, 15) is 9.59 Å². The molecule has 4 aliphatic rings. The first-order valence-electron chi connectivity index (χ1n) is 18.2. The molecule has 3 N–H and O–H groups in total. The van der Waals surface area contributed by atoms with Crippen LogP contribution >= 0.6 is 0 Å². The monoisotopic (exact) mass is 716 g/mol. The van der Waals surface area contributed by atoms with Gasteiger partial charge in [-0.05, 0) is 77.1 Å². The Labute approximate surface area is 307 Å². The summed E-state index contributed by atoms with van der Waals surface area (Å²) < 4.78 is 1.26. The van der Waals surface area contributed by atoms with Gasteiger partial charge < -0.3 is 30.0 Å². The maximum absolute atomic E-state index is 12.2. The zero-order valence-corrected chi connectivity index (χ0v) is 30.2. The molecule has 274 valence electrons. The second-order valence-corrected chi connectivity index (χ2v) is 14.3. The number of hydrogen-bond donors (Lipinski definition) is 3. The molecule has 0 radical (unpaired) electrons. The van der Waals surface area contributed by atoms with E-state index in [0.717, 1.165) is 104 Å². The van der Waals surface area contributed by atoms with Gasteiger partial charge in [0, 0.05) is 56.4 Å². The van der Waals surface area contributed by atoms with E-state index in [4.69, 9.17) is 10.5 Å². The fourth-order valence-electron chi connectivity index (χ4n) is 8.19.